The number of benzene rings is 2. The molecule has 0 aliphatic heterocycles. The first-order chi connectivity index (χ1) is 16.5. The fourth-order valence-electron chi connectivity index (χ4n) is 4.18. The van der Waals surface area contributed by atoms with Crippen LogP contribution in [0.5, 0.6) is 0 Å². The van der Waals surface area contributed by atoms with Crippen LogP contribution in [0.25, 0.3) is 0 Å². The zero-order chi connectivity index (χ0) is 27.9. The molecule has 0 aliphatic rings. The number of aliphatic hydroxyl groups excluding tert-OH is 3. The van der Waals surface area contributed by atoms with Crippen LogP contribution in [0.2, 0.25) is 0 Å². The predicted molar refractivity (Wildman–Crippen MR) is 141 cm³/mol. The topological polar surface area (TPSA) is 171 Å². The fraction of sp³-hybridized carbons (Fsp3) is 0.520. The lowest BCUT2D eigenvalue weighted by atomic mass is 9.61. The molecule has 0 heterocycles. The summed E-state index contributed by atoms with van der Waals surface area (Å²) in [6.07, 6.45) is 0. The van der Waals surface area contributed by atoms with Gasteiger partial charge in [0.2, 0.25) is 0 Å². The Morgan fingerprint density at radius 2 is 0.861 bits per heavy atom. The van der Waals surface area contributed by atoms with Crippen LogP contribution in [-0.4, -0.2) is 59.8 Å². The van der Waals surface area contributed by atoms with E-state index < -0.39 is 48.0 Å². The molecule has 0 radical (unpaired) electrons. The summed E-state index contributed by atoms with van der Waals surface area (Å²) in [7, 11) is -5.22. The molecule has 2 rings (SSSR count). The van der Waals surface area contributed by atoms with Crippen LogP contribution in [0.3, 0.4) is 0 Å². The van der Waals surface area contributed by atoms with Gasteiger partial charge in [-0.1, -0.05) is 90.1 Å². The van der Waals surface area contributed by atoms with Gasteiger partial charge in [0.1, 0.15) is 5.60 Å². The van der Waals surface area contributed by atoms with Crippen LogP contribution in [-0.2, 0) is 20.7 Å². The first-order valence-electron chi connectivity index (χ1n) is 11.3. The summed E-state index contributed by atoms with van der Waals surface area (Å²) in [5.41, 5.74) is -1.02. The standard InChI is InChI=1S/C25H36O4.H4O5P2/c1-22(2,3)18-11-7-9-13-20(18)25(29,24(15-26,16-27)17-28)21-14-10-8-12-19(21)23(4,5)6;1-6(2)5-7(3)4/h7-14,26-29H,15-17H2,1-6H3;1-4H. The minimum atomic E-state index is -2.61. The van der Waals surface area contributed by atoms with Crippen LogP contribution in [0.15, 0.2) is 48.5 Å². The minimum Gasteiger partial charge on any atom is -0.395 e. The molecule has 204 valence electrons. The highest BCUT2D eigenvalue weighted by molar-refractivity contribution is 7.53. The smallest absolute Gasteiger partial charge is 0.334 e. The summed E-state index contributed by atoms with van der Waals surface area (Å²) in [5.74, 6) is 0. The van der Waals surface area contributed by atoms with Gasteiger partial charge in [-0.15, -0.1) is 0 Å². The maximum atomic E-state index is 12.5. The van der Waals surface area contributed by atoms with Gasteiger partial charge in [-0.25, -0.2) is 4.31 Å². The Balaban J connectivity index is 0.000000809. The molecule has 0 atom stereocenters. The van der Waals surface area contributed by atoms with Crippen molar-refractivity contribution in [2.45, 2.75) is 58.0 Å². The SMILES string of the molecule is CC(C)(C)c1ccccc1C(O)(c1ccccc1C(C)(C)C)C(CO)(CO)CO.OP(O)OP(O)O. The second-order valence-corrected chi connectivity index (χ2v) is 12.3. The van der Waals surface area contributed by atoms with E-state index in [1.54, 1.807) is 0 Å². The van der Waals surface area contributed by atoms with Crippen LogP contribution in [0.1, 0.15) is 63.8 Å². The van der Waals surface area contributed by atoms with Gasteiger partial charge in [0, 0.05) is 0 Å². The van der Waals surface area contributed by atoms with E-state index >= 15 is 0 Å². The minimum absolute atomic E-state index is 0.298. The van der Waals surface area contributed by atoms with Crippen molar-refractivity contribution in [3.63, 3.8) is 0 Å². The Bertz CT molecular complexity index is 877. The van der Waals surface area contributed by atoms with Crippen molar-refractivity contribution in [1.29, 1.82) is 0 Å². The van der Waals surface area contributed by atoms with Crippen molar-refractivity contribution in [1.82, 2.24) is 0 Å². The lowest BCUT2D eigenvalue weighted by Crippen LogP contribution is -2.55. The molecule has 0 saturated heterocycles. The molecule has 2 aromatic rings. The number of hydrogen-bond acceptors (Lipinski definition) is 9. The van der Waals surface area contributed by atoms with E-state index in [-0.39, 0.29) is 10.8 Å². The molecule has 2 aromatic carbocycles. The highest BCUT2D eigenvalue weighted by Gasteiger charge is 2.54. The number of hydrogen-bond donors (Lipinski definition) is 8. The Morgan fingerprint density at radius 3 is 1.06 bits per heavy atom. The predicted octanol–water partition coefficient (Wildman–Crippen LogP) is 2.91. The third-order valence-corrected chi connectivity index (χ3v) is 7.24. The molecule has 0 aromatic heterocycles. The van der Waals surface area contributed by atoms with Crippen LogP contribution in [0, 0.1) is 5.41 Å². The quantitative estimate of drug-likeness (QED) is 0.232. The van der Waals surface area contributed by atoms with Gasteiger partial charge >= 0.3 is 17.2 Å². The van der Waals surface area contributed by atoms with E-state index in [9.17, 15) is 20.4 Å². The molecule has 36 heavy (non-hydrogen) atoms. The van der Waals surface area contributed by atoms with Gasteiger partial charge in [0.25, 0.3) is 0 Å². The summed E-state index contributed by atoms with van der Waals surface area (Å²) in [5, 5.41) is 43.5. The van der Waals surface area contributed by atoms with Crippen molar-refractivity contribution in [2.75, 3.05) is 19.8 Å². The molecule has 9 nitrogen and oxygen atoms in total. The number of aliphatic hydroxyl groups is 4. The van der Waals surface area contributed by atoms with E-state index in [4.69, 9.17) is 19.6 Å². The first-order valence-corrected chi connectivity index (χ1v) is 13.6. The van der Waals surface area contributed by atoms with Crippen molar-refractivity contribution in [3.8, 4) is 0 Å². The van der Waals surface area contributed by atoms with Crippen molar-refractivity contribution in [2.24, 2.45) is 5.41 Å². The molecule has 0 unspecified atom stereocenters. The second-order valence-electron chi connectivity index (χ2n) is 10.6. The van der Waals surface area contributed by atoms with Gasteiger partial charge in [0.15, 0.2) is 0 Å². The zero-order valence-electron chi connectivity index (χ0n) is 21.6. The van der Waals surface area contributed by atoms with Gasteiger partial charge in [-0.3, -0.25) is 0 Å². The van der Waals surface area contributed by atoms with E-state index in [2.05, 4.69) is 45.9 Å². The zero-order valence-corrected chi connectivity index (χ0v) is 23.4. The summed E-state index contributed by atoms with van der Waals surface area (Å²) in [4.78, 5) is 31.3. The van der Waals surface area contributed by atoms with E-state index in [0.717, 1.165) is 11.1 Å². The highest BCUT2D eigenvalue weighted by atomic mass is 31.2. The molecular weight excluding hydrogens is 506 g/mol. The number of rotatable bonds is 8. The molecule has 8 N–H and O–H groups in total. The highest BCUT2D eigenvalue weighted by Crippen LogP contribution is 2.50. The molecule has 0 amide bonds. The Kier molecular flexibility index (Phi) is 12.0. The van der Waals surface area contributed by atoms with Gasteiger partial charge in [0.05, 0.1) is 25.2 Å². The molecule has 0 bridgehead atoms. The summed E-state index contributed by atoms with van der Waals surface area (Å²) < 4.78 is 3.60. The average Bonchev–Trinajstić information content (AvgIpc) is 2.78. The largest absolute Gasteiger partial charge is 0.395 e. The van der Waals surface area contributed by atoms with Crippen LogP contribution >= 0.6 is 17.2 Å². The Labute approximate surface area is 215 Å². The Morgan fingerprint density at radius 1 is 0.583 bits per heavy atom. The lowest BCUT2D eigenvalue weighted by molar-refractivity contribution is -0.137. The van der Waals surface area contributed by atoms with Gasteiger partial charge in [-0.05, 0) is 33.1 Å². The summed E-state index contributed by atoms with van der Waals surface area (Å²) in [6.45, 7) is 10.6. The molecular formula is C25H40O9P2. The first kappa shape index (κ1) is 33.0. The summed E-state index contributed by atoms with van der Waals surface area (Å²) >= 11 is 0. The molecule has 11 heteroatoms. The average molecular weight is 547 g/mol. The van der Waals surface area contributed by atoms with E-state index in [0.29, 0.717) is 11.1 Å². The normalized spacial score (nSPS) is 13.1. The molecule has 0 aliphatic carbocycles. The third kappa shape index (κ3) is 7.50. The monoisotopic (exact) mass is 546 g/mol. The van der Waals surface area contributed by atoms with Gasteiger partial charge in [-0.2, -0.15) is 0 Å². The lowest BCUT2D eigenvalue weighted by Gasteiger charge is -2.48. The maximum absolute atomic E-state index is 12.5. The van der Waals surface area contributed by atoms with Crippen molar-refractivity contribution < 1.29 is 44.3 Å². The van der Waals surface area contributed by atoms with Crippen molar-refractivity contribution in [3.05, 3.63) is 70.8 Å². The Hall–Kier alpha value is -1.06. The summed E-state index contributed by atoms with van der Waals surface area (Å²) in [6, 6.07) is 15.1. The fourth-order valence-corrected chi connectivity index (χ4v) is 4.70. The van der Waals surface area contributed by atoms with E-state index in [1.165, 1.54) is 0 Å². The van der Waals surface area contributed by atoms with Crippen LogP contribution < -0.4 is 0 Å². The van der Waals surface area contributed by atoms with E-state index in [1.807, 2.05) is 48.5 Å². The van der Waals surface area contributed by atoms with Crippen LogP contribution in [0.4, 0.5) is 0 Å². The molecule has 0 saturated carbocycles. The molecule has 0 fully saturated rings. The molecule has 0 spiro atoms. The third-order valence-electron chi connectivity index (χ3n) is 6.07. The second kappa shape index (κ2) is 13.1. The van der Waals surface area contributed by atoms with Gasteiger partial charge < -0.3 is 40.0 Å². The van der Waals surface area contributed by atoms with Crippen molar-refractivity contribution >= 4 is 17.2 Å². The maximum Gasteiger partial charge on any atom is 0.334 e.